The lowest BCUT2D eigenvalue weighted by molar-refractivity contribution is -0.137. The molecule has 2 fully saturated rings. The van der Waals surface area contributed by atoms with Crippen molar-refractivity contribution in [1.82, 2.24) is 9.88 Å². The Kier molecular flexibility index (Phi) is 5.19. The van der Waals surface area contributed by atoms with E-state index in [1.54, 1.807) is 11.3 Å². The molecule has 2 aliphatic rings. The number of hydrogen-bond donors (Lipinski definition) is 0. The lowest BCUT2D eigenvalue weighted by Crippen LogP contribution is -2.54. The van der Waals surface area contributed by atoms with Crippen LogP contribution in [0.15, 0.2) is 42.5 Å². The first-order valence-corrected chi connectivity index (χ1v) is 11.9. The lowest BCUT2D eigenvalue weighted by Gasteiger charge is -2.40. The van der Waals surface area contributed by atoms with Crippen LogP contribution >= 0.6 is 22.9 Å². The van der Waals surface area contributed by atoms with Crippen LogP contribution in [-0.2, 0) is 10.2 Å². The number of rotatable bonds is 3. The molecule has 1 aliphatic carbocycles. The Bertz CT molecular complexity index is 1060. The van der Waals surface area contributed by atoms with Crippen molar-refractivity contribution < 1.29 is 4.79 Å². The molecule has 6 heteroatoms. The third kappa shape index (κ3) is 3.38. The highest BCUT2D eigenvalue weighted by atomic mass is 35.5. The molecule has 0 unspecified atom stereocenters. The van der Waals surface area contributed by atoms with Gasteiger partial charge < -0.3 is 9.80 Å². The Morgan fingerprint density at radius 3 is 2.40 bits per heavy atom. The van der Waals surface area contributed by atoms with E-state index in [-0.39, 0.29) is 5.41 Å². The van der Waals surface area contributed by atoms with Crippen molar-refractivity contribution in [3.8, 4) is 0 Å². The normalized spacial score (nSPS) is 18.9. The number of piperazine rings is 1. The van der Waals surface area contributed by atoms with E-state index in [2.05, 4.69) is 34.9 Å². The van der Waals surface area contributed by atoms with Crippen molar-refractivity contribution in [3.05, 3.63) is 58.6 Å². The molecule has 0 spiro atoms. The van der Waals surface area contributed by atoms with Crippen molar-refractivity contribution in [2.45, 2.75) is 38.0 Å². The van der Waals surface area contributed by atoms with Gasteiger partial charge in [-0.25, -0.2) is 4.98 Å². The summed E-state index contributed by atoms with van der Waals surface area (Å²) in [6.07, 6.45) is 4.09. The smallest absolute Gasteiger partial charge is 0.233 e. The second kappa shape index (κ2) is 7.86. The fourth-order valence-electron chi connectivity index (χ4n) is 4.99. The molecular formula is C24H26ClN3OS. The third-order valence-corrected chi connectivity index (χ3v) is 8.04. The van der Waals surface area contributed by atoms with Crippen LogP contribution in [0.4, 0.5) is 5.13 Å². The summed E-state index contributed by atoms with van der Waals surface area (Å²) >= 11 is 7.85. The van der Waals surface area contributed by atoms with E-state index in [1.807, 2.05) is 24.3 Å². The Hall–Kier alpha value is -2.11. The molecule has 1 amide bonds. The standard InChI is InChI=1S/C24H26ClN3OS/c1-17-5-4-6-20-21(17)26-23(30-20)28-15-13-27(14-16-28)22(29)24(11-2-3-12-24)18-7-9-19(25)10-8-18/h4-10H,2-3,11-16H2,1H3. The lowest BCUT2D eigenvalue weighted by atomic mass is 9.77. The van der Waals surface area contributed by atoms with Crippen LogP contribution in [-0.4, -0.2) is 42.0 Å². The summed E-state index contributed by atoms with van der Waals surface area (Å²) in [7, 11) is 0. The molecule has 0 atom stereocenters. The quantitative estimate of drug-likeness (QED) is 0.546. The number of hydrogen-bond acceptors (Lipinski definition) is 4. The topological polar surface area (TPSA) is 36.4 Å². The maximum Gasteiger partial charge on any atom is 0.233 e. The molecule has 0 bridgehead atoms. The number of nitrogens with zero attached hydrogens (tertiary/aromatic N) is 3. The molecule has 156 valence electrons. The SMILES string of the molecule is Cc1cccc2sc(N3CCN(C(=O)C4(c5ccc(Cl)cc5)CCCC4)CC3)nc12. The Morgan fingerprint density at radius 1 is 1.03 bits per heavy atom. The van der Waals surface area contributed by atoms with E-state index in [9.17, 15) is 4.79 Å². The minimum absolute atomic E-state index is 0.294. The Balaban J connectivity index is 1.33. The minimum atomic E-state index is -0.375. The minimum Gasteiger partial charge on any atom is -0.345 e. The van der Waals surface area contributed by atoms with E-state index >= 15 is 0 Å². The molecule has 3 aromatic rings. The molecule has 30 heavy (non-hydrogen) atoms. The van der Waals surface area contributed by atoms with Crippen LogP contribution < -0.4 is 4.90 Å². The summed E-state index contributed by atoms with van der Waals surface area (Å²) in [5, 5.41) is 1.79. The van der Waals surface area contributed by atoms with Crippen molar-refractivity contribution >= 4 is 44.2 Å². The molecular weight excluding hydrogens is 414 g/mol. The summed E-state index contributed by atoms with van der Waals surface area (Å²) < 4.78 is 1.23. The summed E-state index contributed by atoms with van der Waals surface area (Å²) in [6.45, 7) is 5.29. The highest BCUT2D eigenvalue weighted by molar-refractivity contribution is 7.22. The van der Waals surface area contributed by atoms with Gasteiger partial charge in [0.2, 0.25) is 5.91 Å². The zero-order valence-corrected chi connectivity index (χ0v) is 18.8. The maximum atomic E-state index is 13.7. The van der Waals surface area contributed by atoms with E-state index in [0.717, 1.165) is 73.1 Å². The predicted molar refractivity (Wildman–Crippen MR) is 125 cm³/mol. The van der Waals surface area contributed by atoms with Gasteiger partial charge in [-0.15, -0.1) is 0 Å². The number of amides is 1. The molecule has 1 saturated heterocycles. The van der Waals surface area contributed by atoms with Gasteiger partial charge in [0.15, 0.2) is 5.13 Å². The maximum absolute atomic E-state index is 13.7. The molecule has 2 aromatic carbocycles. The van der Waals surface area contributed by atoms with E-state index in [0.29, 0.717) is 5.91 Å². The fourth-order valence-corrected chi connectivity index (χ4v) is 6.21. The summed E-state index contributed by atoms with van der Waals surface area (Å²) in [6, 6.07) is 14.3. The molecule has 4 nitrogen and oxygen atoms in total. The molecule has 1 aliphatic heterocycles. The van der Waals surface area contributed by atoms with Crippen molar-refractivity contribution in [2.24, 2.45) is 0 Å². The average Bonchev–Trinajstić information content (AvgIpc) is 3.43. The van der Waals surface area contributed by atoms with Crippen LogP contribution in [0.25, 0.3) is 10.2 Å². The van der Waals surface area contributed by atoms with Crippen molar-refractivity contribution in [3.63, 3.8) is 0 Å². The molecule has 0 radical (unpaired) electrons. The predicted octanol–water partition coefficient (Wildman–Crippen LogP) is 5.42. The average molecular weight is 440 g/mol. The number of anilines is 1. The van der Waals surface area contributed by atoms with Gasteiger partial charge in [0.05, 0.1) is 15.6 Å². The number of thiazole rings is 1. The largest absolute Gasteiger partial charge is 0.345 e. The van der Waals surface area contributed by atoms with E-state index < -0.39 is 0 Å². The van der Waals surface area contributed by atoms with Crippen LogP contribution in [0.2, 0.25) is 5.02 Å². The first-order valence-electron chi connectivity index (χ1n) is 10.7. The Morgan fingerprint density at radius 2 is 1.73 bits per heavy atom. The van der Waals surface area contributed by atoms with Crippen LogP contribution in [0, 0.1) is 6.92 Å². The number of benzene rings is 2. The number of fused-ring (bicyclic) bond motifs is 1. The zero-order valence-electron chi connectivity index (χ0n) is 17.2. The second-order valence-corrected chi connectivity index (χ2v) is 9.94. The van der Waals surface area contributed by atoms with Gasteiger partial charge in [0.25, 0.3) is 0 Å². The number of para-hydroxylation sites is 1. The van der Waals surface area contributed by atoms with Crippen LogP contribution in [0.3, 0.4) is 0 Å². The fraction of sp³-hybridized carbons (Fsp3) is 0.417. The van der Waals surface area contributed by atoms with Gasteiger partial charge >= 0.3 is 0 Å². The van der Waals surface area contributed by atoms with E-state index in [4.69, 9.17) is 16.6 Å². The first-order chi connectivity index (χ1) is 14.6. The highest BCUT2D eigenvalue weighted by Crippen LogP contribution is 2.43. The molecule has 0 N–H and O–H groups in total. The third-order valence-electron chi connectivity index (χ3n) is 6.71. The van der Waals surface area contributed by atoms with Crippen molar-refractivity contribution in [1.29, 1.82) is 0 Å². The van der Waals surface area contributed by atoms with Crippen LogP contribution in [0.1, 0.15) is 36.8 Å². The summed E-state index contributed by atoms with van der Waals surface area (Å²) in [4.78, 5) is 23.0. The highest BCUT2D eigenvalue weighted by Gasteiger charge is 2.45. The molecule has 1 aromatic heterocycles. The zero-order chi connectivity index (χ0) is 20.7. The monoisotopic (exact) mass is 439 g/mol. The van der Waals surface area contributed by atoms with Gasteiger partial charge in [-0.1, -0.05) is 60.0 Å². The van der Waals surface area contributed by atoms with Crippen LogP contribution in [0.5, 0.6) is 0 Å². The number of halogens is 1. The van der Waals surface area contributed by atoms with Gasteiger partial charge in [-0.05, 0) is 49.1 Å². The molecule has 1 saturated carbocycles. The van der Waals surface area contributed by atoms with E-state index in [1.165, 1.54) is 10.3 Å². The van der Waals surface area contributed by atoms with Gasteiger partial charge in [-0.3, -0.25) is 4.79 Å². The number of aryl methyl sites for hydroxylation is 1. The van der Waals surface area contributed by atoms with Gasteiger partial charge in [-0.2, -0.15) is 0 Å². The van der Waals surface area contributed by atoms with Gasteiger partial charge in [0, 0.05) is 31.2 Å². The summed E-state index contributed by atoms with van der Waals surface area (Å²) in [5.74, 6) is 0.294. The first kappa shape index (κ1) is 19.8. The number of carbonyl (C=O) groups is 1. The van der Waals surface area contributed by atoms with Crippen molar-refractivity contribution in [2.75, 3.05) is 31.1 Å². The Labute approximate surface area is 186 Å². The number of aromatic nitrogens is 1. The second-order valence-electron chi connectivity index (χ2n) is 8.49. The molecule has 2 heterocycles. The number of carbonyl (C=O) groups excluding carboxylic acids is 1. The van der Waals surface area contributed by atoms with Gasteiger partial charge in [0.1, 0.15) is 0 Å². The summed E-state index contributed by atoms with van der Waals surface area (Å²) in [5.41, 5.74) is 3.07. The molecule has 5 rings (SSSR count).